The normalized spacial score (nSPS) is 9.47. The average molecular weight is 208 g/mol. The van der Waals surface area contributed by atoms with Crippen LogP contribution < -0.4 is 11.1 Å². The van der Waals surface area contributed by atoms with Crippen molar-refractivity contribution in [3.05, 3.63) is 17.8 Å². The van der Waals surface area contributed by atoms with Gasteiger partial charge in [-0.1, -0.05) is 0 Å². The first kappa shape index (κ1) is 11.0. The van der Waals surface area contributed by atoms with Gasteiger partial charge in [0.05, 0.1) is 12.7 Å². The number of carbonyl (C=O) groups is 1. The maximum Gasteiger partial charge on any atom is 0.356 e. The summed E-state index contributed by atoms with van der Waals surface area (Å²) in [6.07, 6.45) is 1.50. The fourth-order valence-corrected chi connectivity index (χ4v) is 1.13. The van der Waals surface area contributed by atoms with E-state index in [9.17, 15) is 4.79 Å². The van der Waals surface area contributed by atoms with E-state index in [1.54, 1.807) is 7.05 Å². The van der Waals surface area contributed by atoms with Crippen molar-refractivity contribution in [2.75, 3.05) is 25.2 Å². The van der Waals surface area contributed by atoms with E-state index in [4.69, 9.17) is 11.1 Å². The van der Waals surface area contributed by atoms with Crippen molar-refractivity contribution < 1.29 is 9.53 Å². The zero-order chi connectivity index (χ0) is 11.4. The predicted molar refractivity (Wildman–Crippen MR) is 57.0 cm³/mol. The van der Waals surface area contributed by atoms with E-state index in [1.165, 1.54) is 19.4 Å². The van der Waals surface area contributed by atoms with E-state index >= 15 is 0 Å². The van der Waals surface area contributed by atoms with Crippen LogP contribution in [0.25, 0.3) is 0 Å². The molecule has 0 amide bonds. The Morgan fingerprint density at radius 3 is 2.87 bits per heavy atom. The number of ether oxygens (including phenoxy) is 1. The maximum atomic E-state index is 11.2. The standard InChI is InChI=1S/C9H12N4O2/c1-12-8-6(5(10)3-4-13-8)7(11)9(14)15-2/h3-4,11H,1-2H3,(H3,10,12,13). The van der Waals surface area contributed by atoms with Gasteiger partial charge in [-0.25, -0.2) is 9.78 Å². The highest BCUT2D eigenvalue weighted by molar-refractivity contribution is 6.44. The van der Waals surface area contributed by atoms with Crippen LogP contribution in [-0.4, -0.2) is 30.8 Å². The van der Waals surface area contributed by atoms with Gasteiger partial charge in [-0.3, -0.25) is 5.41 Å². The third-order valence-corrected chi connectivity index (χ3v) is 1.86. The molecule has 1 heterocycles. The van der Waals surface area contributed by atoms with Gasteiger partial charge in [0.25, 0.3) is 0 Å². The molecule has 1 aromatic rings. The summed E-state index contributed by atoms with van der Waals surface area (Å²) in [6.45, 7) is 0. The van der Waals surface area contributed by atoms with Crippen LogP contribution in [0.1, 0.15) is 5.56 Å². The number of nitrogens with zero attached hydrogens (tertiary/aromatic N) is 1. The molecule has 4 N–H and O–H groups in total. The number of anilines is 2. The molecule has 6 heteroatoms. The van der Waals surface area contributed by atoms with Crippen LogP contribution in [-0.2, 0) is 9.53 Å². The number of pyridine rings is 1. The van der Waals surface area contributed by atoms with E-state index in [2.05, 4.69) is 15.0 Å². The second-order valence-corrected chi connectivity index (χ2v) is 2.74. The SMILES string of the molecule is CNc1nccc(N)c1C(=N)C(=O)OC. The second kappa shape index (κ2) is 4.41. The number of carbonyl (C=O) groups excluding carboxylic acids is 1. The van der Waals surface area contributed by atoms with E-state index in [0.717, 1.165) is 0 Å². The highest BCUT2D eigenvalue weighted by Gasteiger charge is 2.19. The molecule has 0 aromatic carbocycles. The summed E-state index contributed by atoms with van der Waals surface area (Å²) in [5.74, 6) is -0.364. The Morgan fingerprint density at radius 1 is 1.67 bits per heavy atom. The molecule has 6 nitrogen and oxygen atoms in total. The van der Waals surface area contributed by atoms with Crippen molar-refractivity contribution in [1.82, 2.24) is 4.98 Å². The third kappa shape index (κ3) is 2.04. The minimum Gasteiger partial charge on any atom is -0.464 e. The van der Waals surface area contributed by atoms with Gasteiger partial charge in [0.2, 0.25) is 0 Å². The van der Waals surface area contributed by atoms with Crippen LogP contribution in [0.4, 0.5) is 11.5 Å². The van der Waals surface area contributed by atoms with Gasteiger partial charge in [0, 0.05) is 18.9 Å². The van der Waals surface area contributed by atoms with Crippen molar-refractivity contribution in [3.8, 4) is 0 Å². The predicted octanol–water partition coefficient (Wildman–Crippen LogP) is 0.246. The largest absolute Gasteiger partial charge is 0.464 e. The molecule has 0 atom stereocenters. The Morgan fingerprint density at radius 2 is 2.33 bits per heavy atom. The number of methoxy groups -OCH3 is 1. The molecule has 0 unspecified atom stereocenters. The van der Waals surface area contributed by atoms with Gasteiger partial charge in [0.1, 0.15) is 5.82 Å². The number of nitrogens with two attached hydrogens (primary N) is 1. The van der Waals surface area contributed by atoms with Crippen molar-refractivity contribution in [3.63, 3.8) is 0 Å². The Labute approximate surface area is 87.0 Å². The van der Waals surface area contributed by atoms with Gasteiger partial charge in [-0.15, -0.1) is 0 Å². The molecule has 0 saturated carbocycles. The van der Waals surface area contributed by atoms with E-state index in [0.29, 0.717) is 11.5 Å². The Hall–Kier alpha value is -2.11. The Balaban J connectivity index is 3.23. The molecule has 15 heavy (non-hydrogen) atoms. The number of nitrogens with one attached hydrogen (secondary N) is 2. The van der Waals surface area contributed by atoms with E-state index < -0.39 is 5.97 Å². The first-order valence-corrected chi connectivity index (χ1v) is 4.21. The summed E-state index contributed by atoms with van der Waals surface area (Å²) in [6, 6.07) is 1.52. The number of esters is 1. The molecule has 80 valence electrons. The van der Waals surface area contributed by atoms with Gasteiger partial charge < -0.3 is 15.8 Å². The second-order valence-electron chi connectivity index (χ2n) is 2.74. The van der Waals surface area contributed by atoms with Crippen molar-refractivity contribution in [2.24, 2.45) is 0 Å². The number of nitrogen functional groups attached to an aromatic ring is 1. The minimum atomic E-state index is -0.744. The van der Waals surface area contributed by atoms with Gasteiger partial charge in [-0.2, -0.15) is 0 Å². The summed E-state index contributed by atoms with van der Waals surface area (Å²) >= 11 is 0. The number of hydrogen-bond acceptors (Lipinski definition) is 6. The van der Waals surface area contributed by atoms with Crippen molar-refractivity contribution >= 4 is 23.2 Å². The lowest BCUT2D eigenvalue weighted by atomic mass is 10.1. The summed E-state index contributed by atoms with van der Waals surface area (Å²) in [4.78, 5) is 15.1. The lowest BCUT2D eigenvalue weighted by Gasteiger charge is -2.10. The maximum absolute atomic E-state index is 11.2. The van der Waals surface area contributed by atoms with Crippen LogP contribution in [0.15, 0.2) is 12.3 Å². The zero-order valence-corrected chi connectivity index (χ0v) is 8.50. The molecule has 0 aliphatic rings. The molecule has 1 aromatic heterocycles. The number of rotatable bonds is 3. The minimum absolute atomic E-state index is 0.256. The highest BCUT2D eigenvalue weighted by atomic mass is 16.5. The van der Waals surface area contributed by atoms with Crippen molar-refractivity contribution in [2.45, 2.75) is 0 Å². The van der Waals surface area contributed by atoms with Crippen LogP contribution in [0.3, 0.4) is 0 Å². The fraction of sp³-hybridized carbons (Fsp3) is 0.222. The van der Waals surface area contributed by atoms with E-state index in [-0.39, 0.29) is 11.3 Å². The molecule has 0 saturated heterocycles. The van der Waals surface area contributed by atoms with Crippen LogP contribution in [0, 0.1) is 5.41 Å². The number of hydrogen-bond donors (Lipinski definition) is 3. The Kier molecular flexibility index (Phi) is 3.22. The van der Waals surface area contributed by atoms with Crippen molar-refractivity contribution in [1.29, 1.82) is 5.41 Å². The Bertz CT molecular complexity index is 403. The van der Waals surface area contributed by atoms with Gasteiger partial charge >= 0.3 is 5.97 Å². The fourth-order valence-electron chi connectivity index (χ4n) is 1.13. The summed E-state index contributed by atoms with van der Waals surface area (Å²) < 4.78 is 4.45. The molecular formula is C9H12N4O2. The summed E-state index contributed by atoms with van der Waals surface area (Å²) in [7, 11) is 2.85. The topological polar surface area (TPSA) is 101 Å². The first-order chi connectivity index (χ1) is 7.11. The smallest absolute Gasteiger partial charge is 0.356 e. The third-order valence-electron chi connectivity index (χ3n) is 1.86. The molecule has 1 rings (SSSR count). The quantitative estimate of drug-likeness (QED) is 0.488. The number of aromatic nitrogens is 1. The average Bonchev–Trinajstić information content (AvgIpc) is 2.26. The monoisotopic (exact) mass is 208 g/mol. The van der Waals surface area contributed by atoms with Crippen LogP contribution in [0.5, 0.6) is 0 Å². The van der Waals surface area contributed by atoms with Crippen LogP contribution >= 0.6 is 0 Å². The molecule has 0 aliphatic carbocycles. The lowest BCUT2D eigenvalue weighted by molar-refractivity contribution is -0.132. The molecule has 0 aliphatic heterocycles. The molecular weight excluding hydrogens is 196 g/mol. The van der Waals surface area contributed by atoms with E-state index in [1.807, 2.05) is 0 Å². The zero-order valence-electron chi connectivity index (χ0n) is 8.50. The van der Waals surface area contributed by atoms with Crippen LogP contribution in [0.2, 0.25) is 0 Å². The molecule has 0 radical (unpaired) electrons. The van der Waals surface area contributed by atoms with Gasteiger partial charge in [-0.05, 0) is 6.07 Å². The first-order valence-electron chi connectivity index (χ1n) is 4.21. The summed E-state index contributed by atoms with van der Waals surface area (Å²) in [5, 5.41) is 10.3. The summed E-state index contributed by atoms with van der Waals surface area (Å²) in [5.41, 5.74) is 5.92. The lowest BCUT2D eigenvalue weighted by Crippen LogP contribution is -2.19. The molecule has 0 spiro atoms. The van der Waals surface area contributed by atoms with Gasteiger partial charge in [0.15, 0.2) is 5.71 Å². The highest BCUT2D eigenvalue weighted by Crippen LogP contribution is 2.19. The molecule has 0 bridgehead atoms. The molecule has 0 fully saturated rings.